The quantitative estimate of drug-likeness (QED) is 0.0917. The highest BCUT2D eigenvalue weighted by molar-refractivity contribution is 4.64. The number of hydrogen-bond acceptors (Lipinski definition) is 6. The lowest BCUT2D eigenvalue weighted by Gasteiger charge is -2.36. The van der Waals surface area contributed by atoms with Crippen molar-refractivity contribution >= 4 is 0 Å². The van der Waals surface area contributed by atoms with Crippen molar-refractivity contribution in [3.63, 3.8) is 0 Å². The standard InChI is InChI=1S/C25H52O6/c1-11-13-18-26-25(27-19-20(3)4,29-22(7)12-2)17-15-14-16-23(28-21(5)6)30-31-24(8,9)10/h20-23H,11-19H2,1-10H3. The monoisotopic (exact) mass is 448 g/mol. The van der Waals surface area contributed by atoms with Crippen LogP contribution in [0.2, 0.25) is 0 Å². The molecule has 0 fully saturated rings. The van der Waals surface area contributed by atoms with E-state index in [1.54, 1.807) is 0 Å². The Morgan fingerprint density at radius 1 is 0.839 bits per heavy atom. The molecule has 31 heavy (non-hydrogen) atoms. The van der Waals surface area contributed by atoms with Crippen molar-refractivity contribution in [1.82, 2.24) is 0 Å². The number of ether oxygens (including phenoxy) is 4. The second kappa shape index (κ2) is 16.4. The molecule has 0 saturated heterocycles. The summed E-state index contributed by atoms with van der Waals surface area (Å²) >= 11 is 0. The Kier molecular flexibility index (Phi) is 16.3. The summed E-state index contributed by atoms with van der Waals surface area (Å²) in [5.41, 5.74) is -0.379. The predicted octanol–water partition coefficient (Wildman–Crippen LogP) is 7.00. The minimum Gasteiger partial charge on any atom is -0.347 e. The second-order valence-corrected chi connectivity index (χ2v) is 10.1. The molecule has 188 valence electrons. The molecule has 0 aliphatic heterocycles. The van der Waals surface area contributed by atoms with Gasteiger partial charge in [0, 0.05) is 12.8 Å². The van der Waals surface area contributed by atoms with E-state index in [0.717, 1.165) is 38.5 Å². The Morgan fingerprint density at radius 3 is 2.03 bits per heavy atom. The average molecular weight is 449 g/mol. The van der Waals surface area contributed by atoms with E-state index in [4.69, 9.17) is 28.7 Å². The van der Waals surface area contributed by atoms with E-state index in [9.17, 15) is 0 Å². The average Bonchev–Trinajstić information content (AvgIpc) is 2.66. The van der Waals surface area contributed by atoms with E-state index in [1.165, 1.54) is 0 Å². The van der Waals surface area contributed by atoms with Crippen LogP contribution in [0.1, 0.15) is 114 Å². The van der Waals surface area contributed by atoms with Gasteiger partial charge in [-0.2, -0.15) is 0 Å². The second-order valence-electron chi connectivity index (χ2n) is 10.1. The molecule has 6 nitrogen and oxygen atoms in total. The van der Waals surface area contributed by atoms with Gasteiger partial charge in [0.2, 0.25) is 0 Å². The van der Waals surface area contributed by atoms with E-state index in [1.807, 2.05) is 34.6 Å². The molecule has 6 heteroatoms. The molecule has 0 aromatic heterocycles. The SMILES string of the molecule is CCCCOC(CCCCC(OOC(C)(C)C)OC(C)C)(OCC(C)C)OC(C)CC. The van der Waals surface area contributed by atoms with Gasteiger partial charge in [0.25, 0.3) is 5.97 Å². The fourth-order valence-electron chi connectivity index (χ4n) is 2.66. The molecule has 3 atom stereocenters. The fourth-order valence-corrected chi connectivity index (χ4v) is 2.66. The molecule has 0 heterocycles. The van der Waals surface area contributed by atoms with Gasteiger partial charge in [-0.25, -0.2) is 9.78 Å². The number of unbranched alkanes of at least 4 members (excludes halogenated alkanes) is 2. The van der Waals surface area contributed by atoms with Gasteiger partial charge in [-0.1, -0.05) is 34.1 Å². The molecule has 0 spiro atoms. The van der Waals surface area contributed by atoms with Gasteiger partial charge >= 0.3 is 0 Å². The zero-order valence-electron chi connectivity index (χ0n) is 22.1. The third-order valence-electron chi connectivity index (χ3n) is 4.41. The fraction of sp³-hybridized carbons (Fsp3) is 1.00. The van der Waals surface area contributed by atoms with Crippen molar-refractivity contribution in [1.29, 1.82) is 0 Å². The summed E-state index contributed by atoms with van der Waals surface area (Å²) in [6.07, 6.45) is 5.85. The van der Waals surface area contributed by atoms with E-state index in [0.29, 0.717) is 25.6 Å². The first kappa shape index (κ1) is 30.8. The van der Waals surface area contributed by atoms with Gasteiger partial charge in [-0.3, -0.25) is 0 Å². The smallest absolute Gasteiger partial charge is 0.283 e. The Hall–Kier alpha value is -0.240. The van der Waals surface area contributed by atoms with Crippen molar-refractivity contribution in [2.45, 2.75) is 144 Å². The van der Waals surface area contributed by atoms with Crippen LogP contribution in [0.15, 0.2) is 0 Å². The molecule has 0 amide bonds. The summed E-state index contributed by atoms with van der Waals surface area (Å²) in [4.78, 5) is 11.1. The maximum Gasteiger partial charge on any atom is 0.283 e. The van der Waals surface area contributed by atoms with Crippen LogP contribution in [0.25, 0.3) is 0 Å². The highest BCUT2D eigenvalue weighted by atomic mass is 17.2. The lowest BCUT2D eigenvalue weighted by molar-refractivity contribution is -0.421. The van der Waals surface area contributed by atoms with Crippen molar-refractivity contribution < 1.29 is 28.7 Å². The highest BCUT2D eigenvalue weighted by Crippen LogP contribution is 2.28. The maximum atomic E-state index is 6.32. The van der Waals surface area contributed by atoms with E-state index >= 15 is 0 Å². The Morgan fingerprint density at radius 2 is 1.52 bits per heavy atom. The Bertz CT molecular complexity index is 421. The van der Waals surface area contributed by atoms with Crippen molar-refractivity contribution in [2.75, 3.05) is 13.2 Å². The van der Waals surface area contributed by atoms with Crippen LogP contribution in [0, 0.1) is 5.92 Å². The summed E-state index contributed by atoms with van der Waals surface area (Å²) in [6, 6.07) is 0. The molecule has 0 aliphatic carbocycles. The van der Waals surface area contributed by atoms with Gasteiger partial charge < -0.3 is 18.9 Å². The molecule has 0 bridgehead atoms. The van der Waals surface area contributed by atoms with E-state index < -0.39 is 12.3 Å². The van der Waals surface area contributed by atoms with Gasteiger partial charge in [0.1, 0.15) is 0 Å². The van der Waals surface area contributed by atoms with Crippen molar-refractivity contribution in [2.24, 2.45) is 5.92 Å². The van der Waals surface area contributed by atoms with E-state index in [-0.39, 0.29) is 17.8 Å². The third kappa shape index (κ3) is 17.0. The summed E-state index contributed by atoms with van der Waals surface area (Å²) in [5.74, 6) is -0.590. The first-order valence-electron chi connectivity index (χ1n) is 12.4. The maximum absolute atomic E-state index is 6.32. The number of rotatable bonds is 19. The van der Waals surface area contributed by atoms with Gasteiger partial charge in [-0.15, -0.1) is 0 Å². The molecule has 0 aliphatic rings. The zero-order chi connectivity index (χ0) is 23.9. The van der Waals surface area contributed by atoms with Crippen LogP contribution in [-0.2, 0) is 28.7 Å². The van der Waals surface area contributed by atoms with Crippen LogP contribution in [0.5, 0.6) is 0 Å². The zero-order valence-corrected chi connectivity index (χ0v) is 22.1. The van der Waals surface area contributed by atoms with Crippen LogP contribution >= 0.6 is 0 Å². The van der Waals surface area contributed by atoms with Crippen molar-refractivity contribution in [3.8, 4) is 0 Å². The molecule has 3 unspecified atom stereocenters. The molecule has 0 aromatic carbocycles. The summed E-state index contributed by atoms with van der Waals surface area (Å²) < 4.78 is 24.7. The van der Waals surface area contributed by atoms with Crippen molar-refractivity contribution in [3.05, 3.63) is 0 Å². The Labute approximate surface area is 192 Å². The first-order valence-corrected chi connectivity index (χ1v) is 12.4. The highest BCUT2D eigenvalue weighted by Gasteiger charge is 2.35. The van der Waals surface area contributed by atoms with Crippen LogP contribution in [0.3, 0.4) is 0 Å². The first-order chi connectivity index (χ1) is 14.4. The summed E-state index contributed by atoms with van der Waals surface area (Å²) in [5, 5.41) is 0. The van der Waals surface area contributed by atoms with Gasteiger partial charge in [0.15, 0.2) is 6.29 Å². The van der Waals surface area contributed by atoms with Gasteiger partial charge in [0.05, 0.1) is 31.0 Å². The number of hydrogen-bond donors (Lipinski definition) is 0. The molecule has 0 rings (SSSR count). The lowest BCUT2D eigenvalue weighted by Crippen LogP contribution is -2.43. The Balaban J connectivity index is 4.99. The summed E-state index contributed by atoms with van der Waals surface area (Å²) in [6.45, 7) is 21.7. The third-order valence-corrected chi connectivity index (χ3v) is 4.41. The topological polar surface area (TPSA) is 55.4 Å². The predicted molar refractivity (Wildman–Crippen MR) is 126 cm³/mol. The van der Waals surface area contributed by atoms with Crippen LogP contribution < -0.4 is 0 Å². The van der Waals surface area contributed by atoms with E-state index in [2.05, 4.69) is 34.6 Å². The molecular formula is C25H52O6. The normalized spacial score (nSPS) is 16.6. The minimum atomic E-state index is -0.994. The summed E-state index contributed by atoms with van der Waals surface area (Å²) in [7, 11) is 0. The lowest BCUT2D eigenvalue weighted by atomic mass is 10.1. The molecule has 0 N–H and O–H groups in total. The minimum absolute atomic E-state index is 0.0631. The molecule has 0 aromatic rings. The molecular weight excluding hydrogens is 396 g/mol. The van der Waals surface area contributed by atoms with Crippen LogP contribution in [0.4, 0.5) is 0 Å². The molecule has 0 radical (unpaired) electrons. The van der Waals surface area contributed by atoms with Crippen LogP contribution in [-0.4, -0.2) is 43.3 Å². The van der Waals surface area contributed by atoms with Gasteiger partial charge in [-0.05, 0) is 73.1 Å². The molecule has 0 saturated carbocycles. The largest absolute Gasteiger partial charge is 0.347 e.